The van der Waals surface area contributed by atoms with E-state index in [2.05, 4.69) is 11.8 Å². The zero-order valence-electron chi connectivity index (χ0n) is 11.4. The molecule has 0 aliphatic rings. The predicted molar refractivity (Wildman–Crippen MR) is 82.2 cm³/mol. The smallest absolute Gasteiger partial charge is 0.175 e. The van der Waals surface area contributed by atoms with Gasteiger partial charge in [0.2, 0.25) is 0 Å². The van der Waals surface area contributed by atoms with E-state index in [9.17, 15) is 8.42 Å². The van der Waals surface area contributed by atoms with E-state index >= 15 is 0 Å². The van der Waals surface area contributed by atoms with Crippen LogP contribution >= 0.6 is 11.3 Å². The summed E-state index contributed by atoms with van der Waals surface area (Å²) in [7, 11) is -3.19. The highest BCUT2D eigenvalue weighted by Gasteiger charge is 2.07. The molecule has 1 N–H and O–H groups in total. The molecule has 1 heterocycles. The fourth-order valence-electron chi connectivity index (χ4n) is 1.63. The van der Waals surface area contributed by atoms with E-state index in [0.717, 1.165) is 10.4 Å². The van der Waals surface area contributed by atoms with E-state index in [1.807, 2.05) is 11.4 Å². The van der Waals surface area contributed by atoms with Gasteiger partial charge >= 0.3 is 0 Å². The van der Waals surface area contributed by atoms with Crippen molar-refractivity contribution >= 4 is 21.2 Å². The minimum absolute atomic E-state index is 0.177. The summed E-state index contributed by atoms with van der Waals surface area (Å²) in [5.41, 5.74) is 0.835. The number of thiophene rings is 1. The average Bonchev–Trinajstić information content (AvgIpc) is 2.90. The summed E-state index contributed by atoms with van der Waals surface area (Å²) in [6.07, 6.45) is 1.17. The van der Waals surface area contributed by atoms with Gasteiger partial charge in [-0.25, -0.2) is 8.42 Å². The van der Waals surface area contributed by atoms with Crippen LogP contribution in [0.25, 0.3) is 0 Å². The molecule has 1 aromatic carbocycles. The van der Waals surface area contributed by atoms with Crippen molar-refractivity contribution in [2.75, 3.05) is 12.9 Å². The maximum absolute atomic E-state index is 11.4. The van der Waals surface area contributed by atoms with Crippen LogP contribution in [-0.2, 0) is 16.4 Å². The lowest BCUT2D eigenvalue weighted by Gasteiger charge is -2.06. The first-order chi connectivity index (χ1) is 10.0. The van der Waals surface area contributed by atoms with Crippen molar-refractivity contribution < 1.29 is 18.3 Å². The second-order valence-corrected chi connectivity index (χ2v) is 7.27. The predicted octanol–water partition coefficient (Wildman–Crippen LogP) is 2.07. The quantitative estimate of drug-likeness (QED) is 0.875. The van der Waals surface area contributed by atoms with Gasteiger partial charge in [0.1, 0.15) is 19.0 Å². The van der Waals surface area contributed by atoms with Gasteiger partial charge in [0.25, 0.3) is 0 Å². The van der Waals surface area contributed by atoms with Crippen molar-refractivity contribution in [3.05, 3.63) is 46.2 Å². The molecule has 0 bridgehead atoms. The van der Waals surface area contributed by atoms with Crippen LogP contribution in [0, 0.1) is 11.8 Å². The highest BCUT2D eigenvalue weighted by atomic mass is 32.2. The van der Waals surface area contributed by atoms with Crippen molar-refractivity contribution in [3.63, 3.8) is 0 Å². The van der Waals surface area contributed by atoms with Crippen LogP contribution in [0.5, 0.6) is 5.75 Å². The molecule has 2 rings (SSSR count). The van der Waals surface area contributed by atoms with E-state index in [1.165, 1.54) is 29.7 Å². The van der Waals surface area contributed by atoms with Crippen LogP contribution in [0.3, 0.4) is 0 Å². The summed E-state index contributed by atoms with van der Waals surface area (Å²) < 4.78 is 28.3. The number of hydrogen-bond acceptors (Lipinski definition) is 5. The number of rotatable bonds is 4. The van der Waals surface area contributed by atoms with Crippen molar-refractivity contribution in [2.24, 2.45) is 0 Å². The summed E-state index contributed by atoms with van der Waals surface area (Å²) in [5, 5.41) is 10.6. The zero-order chi connectivity index (χ0) is 15.3. The van der Waals surface area contributed by atoms with Crippen LogP contribution in [0.2, 0.25) is 0 Å². The molecular weight excluding hydrogens is 308 g/mol. The third kappa shape index (κ3) is 4.33. The molecule has 0 atom stereocenters. The summed E-state index contributed by atoms with van der Waals surface area (Å²) in [5.74, 6) is 6.06. The monoisotopic (exact) mass is 322 g/mol. The topological polar surface area (TPSA) is 63.6 Å². The van der Waals surface area contributed by atoms with Crippen molar-refractivity contribution in [1.29, 1.82) is 0 Å². The number of sulfone groups is 1. The Morgan fingerprint density at radius 2 is 1.95 bits per heavy atom. The van der Waals surface area contributed by atoms with Gasteiger partial charge in [-0.15, -0.1) is 11.3 Å². The molecule has 0 unspecified atom stereocenters. The Morgan fingerprint density at radius 3 is 2.57 bits per heavy atom. The highest BCUT2D eigenvalue weighted by Crippen LogP contribution is 2.20. The van der Waals surface area contributed by atoms with Crippen LogP contribution in [0.15, 0.2) is 40.6 Å². The van der Waals surface area contributed by atoms with Gasteiger partial charge in [-0.1, -0.05) is 11.8 Å². The van der Waals surface area contributed by atoms with E-state index in [4.69, 9.17) is 9.84 Å². The second kappa shape index (κ2) is 6.76. The van der Waals surface area contributed by atoms with Gasteiger partial charge in [-0.3, -0.25) is 0 Å². The van der Waals surface area contributed by atoms with E-state index in [0.29, 0.717) is 12.4 Å². The van der Waals surface area contributed by atoms with Crippen LogP contribution in [0.4, 0.5) is 0 Å². The average molecular weight is 322 g/mol. The number of aliphatic hydroxyl groups excluding tert-OH is 1. The van der Waals surface area contributed by atoms with E-state index < -0.39 is 9.84 Å². The Hall–Kier alpha value is -1.81. The Labute approximate surface area is 127 Å². The van der Waals surface area contributed by atoms with Gasteiger partial charge in [-0.2, -0.15) is 0 Å². The molecule has 1 aromatic heterocycles. The Bertz CT molecular complexity index is 762. The lowest BCUT2D eigenvalue weighted by molar-refractivity contribution is 0.309. The van der Waals surface area contributed by atoms with Gasteiger partial charge in [0, 0.05) is 11.8 Å². The van der Waals surface area contributed by atoms with Gasteiger partial charge in [0.15, 0.2) is 9.84 Å². The molecule has 21 heavy (non-hydrogen) atoms. The van der Waals surface area contributed by atoms with Crippen molar-refractivity contribution in [2.45, 2.75) is 11.5 Å². The van der Waals surface area contributed by atoms with Gasteiger partial charge in [-0.05, 0) is 35.7 Å². The third-order valence-electron chi connectivity index (χ3n) is 2.67. The summed E-state index contributed by atoms with van der Waals surface area (Å²) in [6.45, 7) is 0.175. The van der Waals surface area contributed by atoms with Crippen molar-refractivity contribution in [3.8, 4) is 17.6 Å². The lowest BCUT2D eigenvalue weighted by Crippen LogP contribution is -1.98. The molecule has 0 saturated carbocycles. The molecule has 0 saturated heterocycles. The number of ether oxygens (including phenoxy) is 1. The number of hydrogen-bond donors (Lipinski definition) is 1. The molecule has 0 spiro atoms. The van der Waals surface area contributed by atoms with Gasteiger partial charge < -0.3 is 9.84 Å². The number of aliphatic hydroxyl groups is 1. The summed E-state index contributed by atoms with van der Waals surface area (Å²) >= 11 is 1.52. The first kappa shape index (κ1) is 15.6. The third-order valence-corrected chi connectivity index (χ3v) is 4.69. The fraction of sp³-hybridized carbons (Fsp3) is 0.200. The fourth-order valence-corrected chi connectivity index (χ4v) is 3.00. The number of benzene rings is 1. The van der Waals surface area contributed by atoms with Crippen LogP contribution in [0.1, 0.15) is 10.4 Å². The maximum Gasteiger partial charge on any atom is 0.175 e. The summed E-state index contributed by atoms with van der Waals surface area (Å²) in [6, 6.07) is 8.17. The van der Waals surface area contributed by atoms with Crippen molar-refractivity contribution in [1.82, 2.24) is 0 Å². The second-order valence-electron chi connectivity index (χ2n) is 4.25. The van der Waals surface area contributed by atoms with Crippen LogP contribution < -0.4 is 4.74 Å². The summed E-state index contributed by atoms with van der Waals surface area (Å²) in [4.78, 5) is 1.23. The molecule has 110 valence electrons. The molecule has 0 fully saturated rings. The molecule has 0 aliphatic heterocycles. The molecule has 2 aromatic rings. The van der Waals surface area contributed by atoms with Gasteiger partial charge in [0.05, 0.1) is 9.77 Å². The molecule has 0 radical (unpaired) electrons. The Kier molecular flexibility index (Phi) is 5.02. The first-order valence-electron chi connectivity index (χ1n) is 6.10. The Balaban J connectivity index is 2.05. The molecular formula is C15H14O4S2. The molecule has 0 amide bonds. The maximum atomic E-state index is 11.4. The van der Waals surface area contributed by atoms with Crippen LogP contribution in [-0.4, -0.2) is 26.4 Å². The normalized spacial score (nSPS) is 10.8. The van der Waals surface area contributed by atoms with E-state index in [-0.39, 0.29) is 11.5 Å². The SMILES string of the molecule is CS(=O)(=O)c1ccc(OCc2sccc2C#CCO)cc1. The molecule has 6 heteroatoms. The largest absolute Gasteiger partial charge is 0.488 e. The minimum Gasteiger partial charge on any atom is -0.488 e. The standard InChI is InChI=1S/C15H14O4S2/c1-21(17,18)14-6-4-13(5-7-14)19-11-15-12(3-2-9-16)8-10-20-15/h4-8,10,16H,9,11H2,1H3. The van der Waals surface area contributed by atoms with E-state index in [1.54, 1.807) is 12.1 Å². The Morgan fingerprint density at radius 1 is 1.24 bits per heavy atom. The molecule has 4 nitrogen and oxygen atoms in total. The minimum atomic E-state index is -3.19. The highest BCUT2D eigenvalue weighted by molar-refractivity contribution is 7.90. The first-order valence-corrected chi connectivity index (χ1v) is 8.87. The zero-order valence-corrected chi connectivity index (χ0v) is 13.0. The lowest BCUT2D eigenvalue weighted by atomic mass is 10.2. The molecule has 0 aliphatic carbocycles.